The van der Waals surface area contributed by atoms with Gasteiger partial charge in [0.05, 0.1) is 5.69 Å². The molecule has 2 aromatic rings. The first-order chi connectivity index (χ1) is 12.5. The number of carbonyl (C=O) groups excluding carboxylic acids is 2. The van der Waals surface area contributed by atoms with Gasteiger partial charge in [-0.05, 0) is 43.9 Å². The summed E-state index contributed by atoms with van der Waals surface area (Å²) in [6, 6.07) is 5.34. The Balaban J connectivity index is 1.89. The summed E-state index contributed by atoms with van der Waals surface area (Å²) in [5.41, 5.74) is 2.63. The zero-order chi connectivity index (χ0) is 18.7. The molecular formula is C19H21ClN4O2. The number of nitrogens with zero attached hydrogens (tertiary/aromatic N) is 2. The molecule has 1 aromatic carbocycles. The number of nitrogens with one attached hydrogen (secondary N) is 2. The molecule has 0 saturated heterocycles. The zero-order valence-electron chi connectivity index (χ0n) is 14.6. The van der Waals surface area contributed by atoms with Crippen LogP contribution in [0.2, 0.25) is 5.02 Å². The monoisotopic (exact) mass is 372 g/mol. The number of imidazole rings is 1. The van der Waals surface area contributed by atoms with Gasteiger partial charge in [0.25, 0.3) is 11.8 Å². The van der Waals surface area contributed by atoms with Gasteiger partial charge in [0.1, 0.15) is 0 Å². The lowest BCUT2D eigenvalue weighted by molar-refractivity contribution is 0.0942. The van der Waals surface area contributed by atoms with Gasteiger partial charge in [-0.15, -0.1) is 6.58 Å². The Bertz CT molecular complexity index is 873. The quantitative estimate of drug-likeness (QED) is 0.790. The fourth-order valence-corrected chi connectivity index (χ4v) is 3.18. The summed E-state index contributed by atoms with van der Waals surface area (Å²) in [5, 5.41) is 6.13. The lowest BCUT2D eigenvalue weighted by atomic mass is 10.1. The molecule has 2 N–H and O–H groups in total. The average molecular weight is 373 g/mol. The lowest BCUT2D eigenvalue weighted by Crippen LogP contribution is -2.28. The minimum absolute atomic E-state index is 0.272. The van der Waals surface area contributed by atoms with Crippen LogP contribution >= 0.6 is 11.6 Å². The van der Waals surface area contributed by atoms with Gasteiger partial charge < -0.3 is 15.2 Å². The summed E-state index contributed by atoms with van der Waals surface area (Å²) >= 11 is 6.12. The maximum absolute atomic E-state index is 12.8. The second kappa shape index (κ2) is 7.74. The number of aryl methyl sites for hydroxylation is 1. The van der Waals surface area contributed by atoms with Crippen LogP contribution in [0.1, 0.15) is 45.2 Å². The highest BCUT2D eigenvalue weighted by molar-refractivity contribution is 6.31. The van der Waals surface area contributed by atoms with Crippen LogP contribution in [0.3, 0.4) is 0 Å². The third-order valence-corrected chi connectivity index (χ3v) is 4.78. The summed E-state index contributed by atoms with van der Waals surface area (Å²) in [7, 11) is 0. The number of hydrogen-bond donors (Lipinski definition) is 2. The van der Waals surface area contributed by atoms with Gasteiger partial charge in [0.15, 0.2) is 11.5 Å². The van der Waals surface area contributed by atoms with E-state index in [0.29, 0.717) is 29.5 Å². The van der Waals surface area contributed by atoms with E-state index in [-0.39, 0.29) is 17.6 Å². The summed E-state index contributed by atoms with van der Waals surface area (Å²) in [6.45, 7) is 6.52. The first-order valence-corrected chi connectivity index (χ1v) is 8.95. The van der Waals surface area contributed by atoms with Crippen LogP contribution in [0.15, 0.2) is 30.9 Å². The number of aromatic nitrogens is 2. The molecule has 0 spiro atoms. The van der Waals surface area contributed by atoms with E-state index in [4.69, 9.17) is 11.6 Å². The molecule has 0 radical (unpaired) electrons. The first-order valence-electron chi connectivity index (χ1n) is 8.57. The van der Waals surface area contributed by atoms with Crippen LogP contribution in [0.25, 0.3) is 0 Å². The molecule has 26 heavy (non-hydrogen) atoms. The highest BCUT2D eigenvalue weighted by atomic mass is 35.5. The maximum Gasteiger partial charge on any atom is 0.287 e. The van der Waals surface area contributed by atoms with Crippen molar-refractivity contribution in [2.24, 2.45) is 0 Å². The predicted octanol–water partition coefficient (Wildman–Crippen LogP) is 3.35. The van der Waals surface area contributed by atoms with Gasteiger partial charge in [-0.25, -0.2) is 4.98 Å². The molecule has 136 valence electrons. The Morgan fingerprint density at radius 3 is 2.88 bits per heavy atom. The Labute approximate surface area is 157 Å². The summed E-state index contributed by atoms with van der Waals surface area (Å²) in [6.07, 6.45) is 4.25. The fraction of sp³-hybridized carbons (Fsp3) is 0.316. The molecule has 0 saturated carbocycles. The van der Waals surface area contributed by atoms with E-state index >= 15 is 0 Å². The molecule has 2 heterocycles. The molecule has 0 bridgehead atoms. The van der Waals surface area contributed by atoms with Crippen molar-refractivity contribution in [1.29, 1.82) is 0 Å². The Morgan fingerprint density at radius 1 is 1.35 bits per heavy atom. The van der Waals surface area contributed by atoms with E-state index in [1.165, 1.54) is 0 Å². The van der Waals surface area contributed by atoms with Crippen LogP contribution < -0.4 is 10.6 Å². The summed E-state index contributed by atoms with van der Waals surface area (Å²) in [4.78, 5) is 29.5. The standard InChI is InChI=1S/C19H21ClN4O2/c1-3-9-21-19(26)17-23-16(15-6-4-5-10-24(15)17)18(25)22-13-8-7-12(2)14(20)11-13/h3,7-8,11H,1,4-6,9-10H2,2H3,(H,21,26)(H,22,25). The van der Waals surface area contributed by atoms with Gasteiger partial charge in [-0.2, -0.15) is 0 Å². The molecule has 6 nitrogen and oxygen atoms in total. The molecule has 1 aliphatic rings. The zero-order valence-corrected chi connectivity index (χ0v) is 15.4. The van der Waals surface area contributed by atoms with E-state index in [1.807, 2.05) is 17.6 Å². The van der Waals surface area contributed by atoms with E-state index in [2.05, 4.69) is 22.2 Å². The Morgan fingerprint density at radius 2 is 2.15 bits per heavy atom. The highest BCUT2D eigenvalue weighted by Crippen LogP contribution is 2.24. The van der Waals surface area contributed by atoms with Crippen molar-refractivity contribution < 1.29 is 9.59 Å². The lowest BCUT2D eigenvalue weighted by Gasteiger charge is -2.17. The fourth-order valence-electron chi connectivity index (χ4n) is 3.00. The van der Waals surface area contributed by atoms with Crippen molar-refractivity contribution in [3.05, 3.63) is 58.7 Å². The van der Waals surface area contributed by atoms with Crippen molar-refractivity contribution in [2.75, 3.05) is 11.9 Å². The smallest absolute Gasteiger partial charge is 0.287 e. The van der Waals surface area contributed by atoms with Crippen molar-refractivity contribution in [3.8, 4) is 0 Å². The largest absolute Gasteiger partial charge is 0.346 e. The average Bonchev–Trinajstić information content (AvgIpc) is 3.03. The van der Waals surface area contributed by atoms with Gasteiger partial charge >= 0.3 is 0 Å². The van der Waals surface area contributed by atoms with Gasteiger partial charge in [-0.3, -0.25) is 9.59 Å². The number of benzene rings is 1. The van der Waals surface area contributed by atoms with Crippen molar-refractivity contribution >= 4 is 29.1 Å². The highest BCUT2D eigenvalue weighted by Gasteiger charge is 2.27. The van der Waals surface area contributed by atoms with Crippen molar-refractivity contribution in [1.82, 2.24) is 14.9 Å². The van der Waals surface area contributed by atoms with E-state index in [1.54, 1.807) is 18.2 Å². The van der Waals surface area contributed by atoms with Crippen LogP contribution in [-0.2, 0) is 13.0 Å². The molecule has 0 unspecified atom stereocenters. The van der Waals surface area contributed by atoms with E-state index in [0.717, 1.165) is 30.5 Å². The van der Waals surface area contributed by atoms with E-state index < -0.39 is 0 Å². The number of halogens is 1. The molecule has 0 fully saturated rings. The van der Waals surface area contributed by atoms with Crippen molar-refractivity contribution in [2.45, 2.75) is 32.7 Å². The number of carbonyl (C=O) groups is 2. The minimum atomic E-state index is -0.335. The molecule has 1 aromatic heterocycles. The molecule has 1 aliphatic heterocycles. The third-order valence-electron chi connectivity index (χ3n) is 4.37. The van der Waals surface area contributed by atoms with Gasteiger partial charge in [0.2, 0.25) is 0 Å². The molecule has 3 rings (SSSR count). The number of rotatable bonds is 5. The Hall–Kier alpha value is -2.60. The molecule has 2 amide bonds. The van der Waals surface area contributed by atoms with Gasteiger partial charge in [0, 0.05) is 23.8 Å². The Kier molecular flexibility index (Phi) is 5.42. The maximum atomic E-state index is 12.8. The number of anilines is 1. The molecule has 0 aliphatic carbocycles. The SMILES string of the molecule is C=CCNC(=O)c1nc(C(=O)Nc2ccc(C)c(Cl)c2)c2n1CCCC2. The molecule has 0 atom stereocenters. The second-order valence-corrected chi connectivity index (χ2v) is 6.66. The molecular weight excluding hydrogens is 352 g/mol. The predicted molar refractivity (Wildman–Crippen MR) is 102 cm³/mol. The molecule has 7 heteroatoms. The summed E-state index contributed by atoms with van der Waals surface area (Å²) < 4.78 is 1.85. The summed E-state index contributed by atoms with van der Waals surface area (Å²) in [5.74, 6) is -0.363. The van der Waals surface area contributed by atoms with Gasteiger partial charge in [-0.1, -0.05) is 23.7 Å². The number of amides is 2. The minimum Gasteiger partial charge on any atom is -0.346 e. The first kappa shape index (κ1) is 18.2. The van der Waals surface area contributed by atoms with Crippen LogP contribution in [0.4, 0.5) is 5.69 Å². The van der Waals surface area contributed by atoms with E-state index in [9.17, 15) is 9.59 Å². The second-order valence-electron chi connectivity index (χ2n) is 6.26. The topological polar surface area (TPSA) is 76.0 Å². The van der Waals surface area contributed by atoms with Crippen LogP contribution in [0, 0.1) is 6.92 Å². The number of fused-ring (bicyclic) bond motifs is 1. The third kappa shape index (κ3) is 3.65. The van der Waals surface area contributed by atoms with Crippen molar-refractivity contribution in [3.63, 3.8) is 0 Å². The normalized spacial score (nSPS) is 13.0. The number of hydrogen-bond acceptors (Lipinski definition) is 3. The van der Waals surface area contributed by atoms with Crippen LogP contribution in [0.5, 0.6) is 0 Å². The van der Waals surface area contributed by atoms with Crippen LogP contribution in [-0.4, -0.2) is 27.9 Å².